The number of thiocarbonyl (C=S) groups is 1. The third-order valence-corrected chi connectivity index (χ3v) is 3.30. The van der Waals surface area contributed by atoms with Crippen LogP contribution in [0.4, 0.5) is 0 Å². The first-order valence-corrected chi connectivity index (χ1v) is 7.22. The van der Waals surface area contributed by atoms with E-state index in [1.807, 2.05) is 6.92 Å². The highest BCUT2D eigenvalue weighted by Gasteiger charge is 2.29. The summed E-state index contributed by atoms with van der Waals surface area (Å²) in [6.07, 6.45) is 2.42. The minimum Gasteiger partial charge on any atom is -0.481 e. The number of amides is 1. The van der Waals surface area contributed by atoms with Crippen molar-refractivity contribution in [2.75, 3.05) is 13.2 Å². The van der Waals surface area contributed by atoms with Crippen molar-refractivity contribution in [3.8, 4) is 5.75 Å². The summed E-state index contributed by atoms with van der Waals surface area (Å²) < 4.78 is 5.22. The molecule has 1 aliphatic rings. The van der Waals surface area contributed by atoms with Gasteiger partial charge in [0.2, 0.25) is 0 Å². The summed E-state index contributed by atoms with van der Waals surface area (Å²) in [5.74, 6) is -0.862. The van der Waals surface area contributed by atoms with Crippen LogP contribution in [0.25, 0.3) is 6.08 Å². The van der Waals surface area contributed by atoms with E-state index in [0.717, 1.165) is 6.42 Å². The number of hydrogen-bond acceptors (Lipinski definition) is 4. The average Bonchev–Trinajstić information content (AvgIpc) is 2.74. The normalized spacial score (nSPS) is 16.0. The number of carboxylic acid groups (broad SMARTS) is 1. The summed E-state index contributed by atoms with van der Waals surface area (Å²) in [5, 5.41) is 11.9. The number of carbonyl (C=O) groups is 2. The van der Waals surface area contributed by atoms with Crippen LogP contribution in [0.2, 0.25) is 0 Å². The number of hydrogen-bond donors (Lipinski definition) is 2. The molecular weight excluding hydrogens is 304 g/mol. The second-order valence-electron chi connectivity index (χ2n) is 4.67. The fraction of sp³-hybridized carbons (Fsp3) is 0.267. The molecule has 2 N–H and O–H groups in total. The van der Waals surface area contributed by atoms with E-state index in [1.54, 1.807) is 30.3 Å². The summed E-state index contributed by atoms with van der Waals surface area (Å²) in [5.41, 5.74) is 0.963. The zero-order valence-electron chi connectivity index (χ0n) is 12.0. The predicted octanol–water partition coefficient (Wildman–Crippen LogP) is 1.62. The van der Waals surface area contributed by atoms with Gasteiger partial charge in [-0.15, -0.1) is 0 Å². The largest absolute Gasteiger partial charge is 0.481 e. The Balaban J connectivity index is 2.24. The highest BCUT2D eigenvalue weighted by Crippen LogP contribution is 2.22. The molecule has 0 bridgehead atoms. The molecule has 1 amide bonds. The number of nitrogens with zero attached hydrogens (tertiary/aromatic N) is 1. The van der Waals surface area contributed by atoms with E-state index in [0.29, 0.717) is 28.7 Å². The maximum absolute atomic E-state index is 12.3. The van der Waals surface area contributed by atoms with Crippen LogP contribution in [0.15, 0.2) is 30.0 Å². The van der Waals surface area contributed by atoms with Crippen LogP contribution < -0.4 is 10.1 Å². The quantitative estimate of drug-likeness (QED) is 0.612. The minimum atomic E-state index is -1.06. The summed E-state index contributed by atoms with van der Waals surface area (Å²) in [7, 11) is 0. The molecule has 0 unspecified atom stereocenters. The highest BCUT2D eigenvalue weighted by molar-refractivity contribution is 7.80. The Morgan fingerprint density at radius 3 is 2.86 bits per heavy atom. The van der Waals surface area contributed by atoms with Crippen LogP contribution in [0.3, 0.4) is 0 Å². The smallest absolute Gasteiger partial charge is 0.341 e. The number of aliphatic carboxylic acids is 1. The van der Waals surface area contributed by atoms with Gasteiger partial charge in [0.1, 0.15) is 11.4 Å². The molecule has 116 valence electrons. The van der Waals surface area contributed by atoms with Crippen molar-refractivity contribution in [2.45, 2.75) is 13.3 Å². The standard InChI is InChI=1S/C15H16N2O4S/c1-2-7-17-14(20)11(16-15(17)22)8-10-5-3-4-6-12(10)21-9-13(18)19/h3-6,8H,2,7,9H2,1H3,(H,16,22)(H,18,19). The van der Waals surface area contributed by atoms with Crippen LogP contribution in [0.5, 0.6) is 5.75 Å². The van der Waals surface area contributed by atoms with Crippen LogP contribution in [-0.4, -0.2) is 40.1 Å². The van der Waals surface area contributed by atoms with Gasteiger partial charge in [-0.05, 0) is 30.8 Å². The van der Waals surface area contributed by atoms with E-state index in [4.69, 9.17) is 22.1 Å². The second kappa shape index (κ2) is 7.04. The van der Waals surface area contributed by atoms with Gasteiger partial charge in [0, 0.05) is 12.1 Å². The Kier molecular flexibility index (Phi) is 5.11. The molecular formula is C15H16N2O4S. The van der Waals surface area contributed by atoms with E-state index in [2.05, 4.69) is 5.32 Å². The number of carbonyl (C=O) groups excluding carboxylic acids is 1. The van der Waals surface area contributed by atoms with Gasteiger partial charge in [-0.1, -0.05) is 25.1 Å². The zero-order chi connectivity index (χ0) is 16.1. The first-order chi connectivity index (χ1) is 10.5. The van der Waals surface area contributed by atoms with Crippen molar-refractivity contribution in [1.29, 1.82) is 0 Å². The molecule has 2 rings (SSSR count). The fourth-order valence-electron chi connectivity index (χ4n) is 2.02. The number of carboxylic acids is 1. The van der Waals surface area contributed by atoms with Crippen molar-refractivity contribution in [3.05, 3.63) is 35.5 Å². The first-order valence-electron chi connectivity index (χ1n) is 6.81. The zero-order valence-corrected chi connectivity index (χ0v) is 12.9. The van der Waals surface area contributed by atoms with Gasteiger partial charge in [0.15, 0.2) is 11.7 Å². The Morgan fingerprint density at radius 1 is 1.45 bits per heavy atom. The van der Waals surface area contributed by atoms with E-state index in [9.17, 15) is 9.59 Å². The Bertz CT molecular complexity index is 642. The second-order valence-corrected chi connectivity index (χ2v) is 5.05. The molecule has 1 fully saturated rings. The monoisotopic (exact) mass is 320 g/mol. The van der Waals surface area contributed by atoms with Crippen LogP contribution in [0, 0.1) is 0 Å². The van der Waals surface area contributed by atoms with E-state index >= 15 is 0 Å². The van der Waals surface area contributed by atoms with Gasteiger partial charge >= 0.3 is 5.97 Å². The number of ether oxygens (including phenoxy) is 1. The molecule has 1 heterocycles. The lowest BCUT2D eigenvalue weighted by atomic mass is 10.1. The molecule has 0 atom stereocenters. The van der Waals surface area contributed by atoms with Crippen LogP contribution >= 0.6 is 12.2 Å². The van der Waals surface area contributed by atoms with Crippen molar-refractivity contribution < 1.29 is 19.4 Å². The van der Waals surface area contributed by atoms with Gasteiger partial charge in [-0.3, -0.25) is 9.69 Å². The molecule has 1 aliphatic heterocycles. The van der Waals surface area contributed by atoms with E-state index in [1.165, 1.54) is 4.90 Å². The maximum Gasteiger partial charge on any atom is 0.341 e. The predicted molar refractivity (Wildman–Crippen MR) is 85.3 cm³/mol. The topological polar surface area (TPSA) is 78.9 Å². The fourth-order valence-corrected chi connectivity index (χ4v) is 2.31. The lowest BCUT2D eigenvalue weighted by Gasteiger charge is -2.11. The van der Waals surface area contributed by atoms with E-state index in [-0.39, 0.29) is 5.91 Å². The van der Waals surface area contributed by atoms with Gasteiger partial charge in [0.25, 0.3) is 5.91 Å². The lowest BCUT2D eigenvalue weighted by molar-refractivity contribution is -0.139. The van der Waals surface area contributed by atoms with E-state index < -0.39 is 12.6 Å². The molecule has 22 heavy (non-hydrogen) atoms. The Labute approximate surface area is 133 Å². The number of rotatable bonds is 6. The summed E-state index contributed by atoms with van der Waals surface area (Å²) in [4.78, 5) is 24.4. The van der Waals surface area contributed by atoms with Gasteiger partial charge < -0.3 is 15.2 Å². The number of para-hydroxylation sites is 1. The molecule has 7 heteroatoms. The lowest BCUT2D eigenvalue weighted by Crippen LogP contribution is -2.31. The summed E-state index contributed by atoms with van der Waals surface area (Å²) >= 11 is 5.14. The molecule has 0 saturated carbocycles. The molecule has 1 aromatic carbocycles. The minimum absolute atomic E-state index is 0.195. The molecule has 6 nitrogen and oxygen atoms in total. The number of nitrogens with one attached hydrogen (secondary N) is 1. The molecule has 1 aromatic rings. The third kappa shape index (κ3) is 3.62. The molecule has 0 radical (unpaired) electrons. The van der Waals surface area contributed by atoms with Gasteiger partial charge in [0.05, 0.1) is 0 Å². The average molecular weight is 320 g/mol. The summed E-state index contributed by atoms with van der Waals surface area (Å²) in [6.45, 7) is 2.08. The molecule has 0 aliphatic carbocycles. The Hall–Kier alpha value is -2.41. The Morgan fingerprint density at radius 2 is 2.18 bits per heavy atom. The van der Waals surface area contributed by atoms with Crippen LogP contribution in [0.1, 0.15) is 18.9 Å². The first kappa shape index (κ1) is 16.0. The van der Waals surface area contributed by atoms with Crippen molar-refractivity contribution in [3.63, 3.8) is 0 Å². The molecule has 0 spiro atoms. The van der Waals surface area contributed by atoms with Gasteiger partial charge in [-0.25, -0.2) is 4.79 Å². The van der Waals surface area contributed by atoms with Crippen molar-refractivity contribution >= 4 is 35.3 Å². The molecule has 0 aromatic heterocycles. The number of benzene rings is 1. The SMILES string of the molecule is CCCN1C(=O)C(=Cc2ccccc2OCC(=O)O)NC1=S. The molecule has 1 saturated heterocycles. The van der Waals surface area contributed by atoms with Crippen molar-refractivity contribution in [2.24, 2.45) is 0 Å². The summed E-state index contributed by atoms with van der Waals surface area (Å²) in [6, 6.07) is 6.90. The third-order valence-electron chi connectivity index (χ3n) is 2.98. The van der Waals surface area contributed by atoms with Gasteiger partial charge in [-0.2, -0.15) is 0 Å². The van der Waals surface area contributed by atoms with Crippen molar-refractivity contribution in [1.82, 2.24) is 10.2 Å². The maximum atomic E-state index is 12.3. The highest BCUT2D eigenvalue weighted by atomic mass is 32.1. The van der Waals surface area contributed by atoms with Crippen LogP contribution in [-0.2, 0) is 9.59 Å².